The molecule has 62 heavy (non-hydrogen) atoms. The van der Waals surface area contributed by atoms with Crippen molar-refractivity contribution in [3.05, 3.63) is 231 Å². The van der Waals surface area contributed by atoms with Crippen molar-refractivity contribution >= 4 is 98.3 Å². The summed E-state index contributed by atoms with van der Waals surface area (Å²) in [6.07, 6.45) is 0. The van der Waals surface area contributed by atoms with Gasteiger partial charge in [0.1, 0.15) is 11.2 Å². The fourth-order valence-corrected chi connectivity index (χ4v) is 10.2. The number of furan rings is 1. The molecule has 0 atom stereocenters. The number of rotatable bonds is 8. The van der Waals surface area contributed by atoms with Crippen LogP contribution in [-0.2, 0) is 0 Å². The Morgan fingerprint density at radius 3 is 1.69 bits per heavy atom. The number of fused-ring (bicyclic) bond motifs is 8. The molecule has 0 aliphatic heterocycles. The van der Waals surface area contributed by atoms with Gasteiger partial charge in [0.2, 0.25) is 0 Å². The minimum atomic E-state index is 0.851. The van der Waals surface area contributed by atoms with Crippen molar-refractivity contribution in [1.82, 2.24) is 0 Å². The number of nitrogens with zero attached hydrogens (tertiary/aromatic N) is 2. The summed E-state index contributed by atoms with van der Waals surface area (Å²) in [5, 5.41) is 6.91. The largest absolute Gasteiger partial charge is 0.455 e. The van der Waals surface area contributed by atoms with E-state index in [0.29, 0.717) is 0 Å². The molecule has 0 spiro atoms. The van der Waals surface area contributed by atoms with Crippen LogP contribution in [0.3, 0.4) is 0 Å². The summed E-state index contributed by atoms with van der Waals surface area (Å²) in [5.74, 6) is 0. The SMILES string of the molecule is c1ccc(-c2cccc(N(c3ccc4sc5ccccc5c4c3)c3ccccc3-c3ccc4c(c3)oc3c5ccccc5c(N(c5ccccc5)c5ccccc5)cc43)c2)cc1. The molecule has 0 saturated carbocycles. The van der Waals surface area contributed by atoms with Crippen LogP contribution in [0.1, 0.15) is 0 Å². The highest BCUT2D eigenvalue weighted by atomic mass is 32.1. The lowest BCUT2D eigenvalue weighted by Crippen LogP contribution is -2.11. The Labute approximate surface area is 363 Å². The van der Waals surface area contributed by atoms with Gasteiger partial charge in [0.05, 0.1) is 11.4 Å². The minimum Gasteiger partial charge on any atom is -0.455 e. The third-order valence-electron chi connectivity index (χ3n) is 12.0. The molecule has 3 nitrogen and oxygen atoms in total. The lowest BCUT2D eigenvalue weighted by Gasteiger charge is -2.28. The van der Waals surface area contributed by atoms with Crippen molar-refractivity contribution in [3.63, 3.8) is 0 Å². The number of thiophene rings is 1. The second-order valence-corrected chi connectivity index (χ2v) is 16.8. The summed E-state index contributed by atoms with van der Waals surface area (Å²) in [6.45, 7) is 0. The Morgan fingerprint density at radius 2 is 0.903 bits per heavy atom. The van der Waals surface area contributed by atoms with E-state index in [-0.39, 0.29) is 0 Å². The van der Waals surface area contributed by atoms with Crippen molar-refractivity contribution in [2.24, 2.45) is 0 Å². The van der Waals surface area contributed by atoms with E-state index in [1.807, 2.05) is 11.3 Å². The maximum atomic E-state index is 6.96. The fraction of sp³-hybridized carbons (Fsp3) is 0. The molecular weight excluding hydrogens is 773 g/mol. The monoisotopic (exact) mass is 810 g/mol. The van der Waals surface area contributed by atoms with Gasteiger partial charge in [-0.25, -0.2) is 0 Å². The highest BCUT2D eigenvalue weighted by Gasteiger charge is 2.22. The first kappa shape index (κ1) is 36.0. The predicted octanol–water partition coefficient (Wildman–Crippen LogP) is 17.4. The van der Waals surface area contributed by atoms with Gasteiger partial charge in [0, 0.05) is 70.0 Å². The number of benzene rings is 10. The topological polar surface area (TPSA) is 19.6 Å². The van der Waals surface area contributed by atoms with Gasteiger partial charge in [-0.3, -0.25) is 0 Å². The van der Waals surface area contributed by atoms with E-state index in [1.54, 1.807) is 0 Å². The molecule has 292 valence electrons. The van der Waals surface area contributed by atoms with E-state index in [9.17, 15) is 0 Å². The Balaban J connectivity index is 1.04. The highest BCUT2D eigenvalue weighted by Crippen LogP contribution is 2.47. The minimum absolute atomic E-state index is 0.851. The first-order valence-electron chi connectivity index (χ1n) is 21.0. The third-order valence-corrected chi connectivity index (χ3v) is 13.2. The molecule has 0 aliphatic carbocycles. The Kier molecular flexibility index (Phi) is 8.68. The fourth-order valence-electron chi connectivity index (χ4n) is 9.16. The van der Waals surface area contributed by atoms with Gasteiger partial charge < -0.3 is 14.2 Å². The van der Waals surface area contributed by atoms with Crippen LogP contribution in [-0.4, -0.2) is 0 Å². The summed E-state index contributed by atoms with van der Waals surface area (Å²) in [7, 11) is 0. The second-order valence-electron chi connectivity index (χ2n) is 15.7. The second kappa shape index (κ2) is 15.0. The van der Waals surface area contributed by atoms with Crippen molar-refractivity contribution in [1.29, 1.82) is 0 Å². The van der Waals surface area contributed by atoms with Crippen LogP contribution < -0.4 is 9.80 Å². The Morgan fingerprint density at radius 1 is 0.306 bits per heavy atom. The average Bonchev–Trinajstić information content (AvgIpc) is 3.91. The van der Waals surface area contributed by atoms with E-state index in [4.69, 9.17) is 4.42 Å². The number of hydrogen-bond donors (Lipinski definition) is 0. The molecule has 0 amide bonds. The standard InChI is InChI=1S/C58H38N2OS/c1-4-17-39(18-5-1)40-19-16-24-44(35-40)60(45-32-34-57-51(37-45)49-27-13-15-30-56(49)62-57)53-29-14-12-25-46(53)41-31-33-48-52-38-54(47-26-10-11-28-50(47)58(52)61-55(48)36-41)59(42-20-6-2-7-21-42)43-22-8-3-9-23-43/h1-38H. The maximum Gasteiger partial charge on any atom is 0.143 e. The summed E-state index contributed by atoms with van der Waals surface area (Å²) in [6, 6.07) is 82.8. The predicted molar refractivity (Wildman–Crippen MR) is 264 cm³/mol. The molecule has 0 bridgehead atoms. The van der Waals surface area contributed by atoms with Gasteiger partial charge in [-0.15, -0.1) is 11.3 Å². The van der Waals surface area contributed by atoms with Crippen molar-refractivity contribution in [2.45, 2.75) is 0 Å². The summed E-state index contributed by atoms with van der Waals surface area (Å²) in [4.78, 5) is 4.76. The molecule has 0 fully saturated rings. The number of anilines is 6. The average molecular weight is 811 g/mol. The van der Waals surface area contributed by atoms with Gasteiger partial charge in [0.15, 0.2) is 0 Å². The van der Waals surface area contributed by atoms with Crippen molar-refractivity contribution < 1.29 is 4.42 Å². The van der Waals surface area contributed by atoms with E-state index < -0.39 is 0 Å². The van der Waals surface area contributed by atoms with E-state index in [1.165, 1.54) is 31.3 Å². The highest BCUT2D eigenvalue weighted by molar-refractivity contribution is 7.25. The summed E-state index contributed by atoms with van der Waals surface area (Å²) in [5.41, 5.74) is 12.9. The van der Waals surface area contributed by atoms with Crippen LogP contribution in [0.5, 0.6) is 0 Å². The molecule has 0 unspecified atom stereocenters. The van der Waals surface area contributed by atoms with Crippen LogP contribution >= 0.6 is 11.3 Å². The van der Waals surface area contributed by atoms with Gasteiger partial charge in [0.25, 0.3) is 0 Å². The molecule has 0 saturated heterocycles. The zero-order valence-corrected chi connectivity index (χ0v) is 34.5. The zero-order chi connectivity index (χ0) is 41.0. The van der Waals surface area contributed by atoms with Crippen LogP contribution in [0.4, 0.5) is 34.1 Å². The number of hydrogen-bond acceptors (Lipinski definition) is 4. The molecule has 2 heterocycles. The first-order chi connectivity index (χ1) is 30.7. The number of para-hydroxylation sites is 3. The Bertz CT molecular complexity index is 3550. The van der Waals surface area contributed by atoms with Crippen LogP contribution in [0.15, 0.2) is 235 Å². The lowest BCUT2D eigenvalue weighted by atomic mass is 9.98. The summed E-state index contributed by atoms with van der Waals surface area (Å²) < 4.78 is 9.53. The quantitative estimate of drug-likeness (QED) is 0.152. The summed E-state index contributed by atoms with van der Waals surface area (Å²) >= 11 is 1.85. The van der Waals surface area contributed by atoms with E-state index in [0.717, 1.165) is 78.0 Å². The van der Waals surface area contributed by atoms with Gasteiger partial charge >= 0.3 is 0 Å². The maximum absolute atomic E-state index is 6.96. The molecular formula is C58H38N2OS. The smallest absolute Gasteiger partial charge is 0.143 e. The zero-order valence-electron chi connectivity index (χ0n) is 33.7. The van der Waals surface area contributed by atoms with Gasteiger partial charge in [-0.2, -0.15) is 0 Å². The van der Waals surface area contributed by atoms with Gasteiger partial charge in [-0.1, -0.05) is 146 Å². The van der Waals surface area contributed by atoms with Crippen molar-refractivity contribution in [2.75, 3.05) is 9.80 Å². The molecule has 12 aromatic rings. The Hall–Kier alpha value is -7.92. The normalized spacial score (nSPS) is 11.5. The van der Waals surface area contributed by atoms with Crippen LogP contribution in [0, 0.1) is 0 Å². The molecule has 12 rings (SSSR count). The van der Waals surface area contributed by atoms with Gasteiger partial charge in [-0.05, 0) is 102 Å². The molecule has 0 aliphatic rings. The van der Waals surface area contributed by atoms with E-state index in [2.05, 4.69) is 240 Å². The third kappa shape index (κ3) is 6.11. The van der Waals surface area contributed by atoms with Crippen LogP contribution in [0.2, 0.25) is 0 Å². The van der Waals surface area contributed by atoms with Crippen molar-refractivity contribution in [3.8, 4) is 22.3 Å². The molecule has 0 N–H and O–H groups in total. The molecule has 4 heteroatoms. The molecule has 2 aromatic heterocycles. The van der Waals surface area contributed by atoms with E-state index >= 15 is 0 Å². The molecule has 0 radical (unpaired) electrons. The van der Waals surface area contributed by atoms with Crippen LogP contribution in [0.25, 0.3) is 75.1 Å². The first-order valence-corrected chi connectivity index (χ1v) is 21.8. The molecule has 10 aromatic carbocycles. The lowest BCUT2D eigenvalue weighted by molar-refractivity contribution is 0.673.